The summed E-state index contributed by atoms with van der Waals surface area (Å²) in [5.41, 5.74) is 2.21. The topological polar surface area (TPSA) is 46.9 Å². The van der Waals surface area contributed by atoms with Crippen molar-refractivity contribution in [2.24, 2.45) is 7.05 Å². The fourth-order valence-electron chi connectivity index (χ4n) is 2.18. The van der Waals surface area contributed by atoms with E-state index in [4.69, 9.17) is 0 Å². The first-order chi connectivity index (χ1) is 9.15. The van der Waals surface area contributed by atoms with Gasteiger partial charge in [-0.05, 0) is 24.3 Å². The van der Waals surface area contributed by atoms with Crippen LogP contribution >= 0.6 is 11.3 Å². The molecule has 0 aliphatic heterocycles. The van der Waals surface area contributed by atoms with Crippen molar-refractivity contribution < 1.29 is 4.79 Å². The summed E-state index contributed by atoms with van der Waals surface area (Å²) in [6, 6.07) is 3.94. The van der Waals surface area contributed by atoms with Crippen molar-refractivity contribution in [1.82, 2.24) is 9.78 Å². The maximum absolute atomic E-state index is 12.1. The SMILES string of the molecule is CCc1nn(C)c(NC(=O)Cc2cccs2)c1CC. The van der Waals surface area contributed by atoms with Crippen molar-refractivity contribution in [2.75, 3.05) is 5.32 Å². The van der Waals surface area contributed by atoms with Gasteiger partial charge in [-0.1, -0.05) is 19.9 Å². The van der Waals surface area contributed by atoms with Gasteiger partial charge in [0.15, 0.2) is 0 Å². The molecule has 0 saturated heterocycles. The molecule has 1 N–H and O–H groups in total. The lowest BCUT2D eigenvalue weighted by Gasteiger charge is -2.07. The molecule has 5 heteroatoms. The number of carbonyl (C=O) groups excluding carboxylic acids is 1. The van der Waals surface area contributed by atoms with Gasteiger partial charge in [-0.15, -0.1) is 11.3 Å². The van der Waals surface area contributed by atoms with E-state index in [0.717, 1.165) is 34.8 Å². The Hall–Kier alpha value is -1.62. The van der Waals surface area contributed by atoms with Crippen LogP contribution in [0.15, 0.2) is 17.5 Å². The molecule has 0 saturated carbocycles. The van der Waals surface area contributed by atoms with Gasteiger partial charge >= 0.3 is 0 Å². The van der Waals surface area contributed by atoms with Crippen LogP contribution in [-0.4, -0.2) is 15.7 Å². The number of hydrogen-bond donors (Lipinski definition) is 1. The molecule has 2 rings (SSSR count). The van der Waals surface area contributed by atoms with Crippen LogP contribution in [-0.2, 0) is 31.1 Å². The highest BCUT2D eigenvalue weighted by Crippen LogP contribution is 2.21. The summed E-state index contributed by atoms with van der Waals surface area (Å²) in [6.07, 6.45) is 2.19. The maximum Gasteiger partial charge on any atom is 0.230 e. The first-order valence-corrected chi connectivity index (χ1v) is 7.40. The Bertz CT molecular complexity index is 558. The van der Waals surface area contributed by atoms with E-state index in [1.165, 1.54) is 0 Å². The molecule has 0 bridgehead atoms. The van der Waals surface area contributed by atoms with Gasteiger partial charge in [0.05, 0.1) is 12.1 Å². The zero-order valence-corrected chi connectivity index (χ0v) is 12.4. The molecule has 1 amide bonds. The van der Waals surface area contributed by atoms with Crippen LogP contribution in [0.5, 0.6) is 0 Å². The third-order valence-corrected chi connectivity index (χ3v) is 3.97. The van der Waals surface area contributed by atoms with E-state index in [9.17, 15) is 4.79 Å². The molecule has 0 radical (unpaired) electrons. The fraction of sp³-hybridized carbons (Fsp3) is 0.429. The molecule has 0 aliphatic rings. The summed E-state index contributed by atoms with van der Waals surface area (Å²) in [5.74, 6) is 0.851. The van der Waals surface area contributed by atoms with Gasteiger partial charge in [-0.3, -0.25) is 9.48 Å². The highest BCUT2D eigenvalue weighted by molar-refractivity contribution is 7.10. The van der Waals surface area contributed by atoms with Gasteiger partial charge in [-0.2, -0.15) is 5.10 Å². The van der Waals surface area contributed by atoms with Crippen molar-refractivity contribution >= 4 is 23.1 Å². The highest BCUT2D eigenvalue weighted by atomic mass is 32.1. The monoisotopic (exact) mass is 277 g/mol. The summed E-state index contributed by atoms with van der Waals surface area (Å²) < 4.78 is 1.77. The standard InChI is InChI=1S/C14H19N3OS/c1-4-11-12(5-2)16-17(3)14(11)15-13(18)9-10-7-6-8-19-10/h6-8H,4-5,9H2,1-3H3,(H,15,18). The van der Waals surface area contributed by atoms with E-state index < -0.39 is 0 Å². The summed E-state index contributed by atoms with van der Waals surface area (Å²) in [7, 11) is 1.87. The lowest BCUT2D eigenvalue weighted by Crippen LogP contribution is -2.17. The smallest absolute Gasteiger partial charge is 0.230 e. The van der Waals surface area contributed by atoms with Gasteiger partial charge in [0.1, 0.15) is 5.82 Å². The molecule has 2 aromatic heterocycles. The van der Waals surface area contributed by atoms with E-state index in [1.807, 2.05) is 24.6 Å². The van der Waals surface area contributed by atoms with Crippen molar-refractivity contribution in [2.45, 2.75) is 33.1 Å². The molecular formula is C14H19N3OS. The third kappa shape index (κ3) is 3.04. The Morgan fingerprint density at radius 1 is 1.42 bits per heavy atom. The summed E-state index contributed by atoms with van der Waals surface area (Å²) in [4.78, 5) is 13.1. The number of rotatable bonds is 5. The fourth-order valence-corrected chi connectivity index (χ4v) is 2.89. The Morgan fingerprint density at radius 3 is 2.79 bits per heavy atom. The zero-order valence-electron chi connectivity index (χ0n) is 11.6. The van der Waals surface area contributed by atoms with Crippen LogP contribution in [0.4, 0.5) is 5.82 Å². The maximum atomic E-state index is 12.1. The van der Waals surface area contributed by atoms with Gasteiger partial charge in [0, 0.05) is 17.5 Å². The molecule has 0 atom stereocenters. The number of amides is 1. The average molecular weight is 277 g/mol. The third-order valence-electron chi connectivity index (χ3n) is 3.09. The van der Waals surface area contributed by atoms with E-state index in [2.05, 4.69) is 24.3 Å². The lowest BCUT2D eigenvalue weighted by molar-refractivity contribution is -0.115. The van der Waals surface area contributed by atoms with Crippen molar-refractivity contribution in [3.8, 4) is 0 Å². The van der Waals surface area contributed by atoms with E-state index in [0.29, 0.717) is 6.42 Å². The molecule has 0 spiro atoms. The number of carbonyl (C=O) groups is 1. The van der Waals surface area contributed by atoms with E-state index in [1.54, 1.807) is 16.0 Å². The van der Waals surface area contributed by atoms with Crippen molar-refractivity contribution in [1.29, 1.82) is 0 Å². The van der Waals surface area contributed by atoms with Crippen LogP contribution < -0.4 is 5.32 Å². The first kappa shape index (κ1) is 13.8. The van der Waals surface area contributed by atoms with E-state index in [-0.39, 0.29) is 5.91 Å². The Balaban J connectivity index is 2.14. The second kappa shape index (κ2) is 6.02. The summed E-state index contributed by atoms with van der Waals surface area (Å²) >= 11 is 1.60. The van der Waals surface area contributed by atoms with Crippen LogP contribution in [0, 0.1) is 0 Å². The van der Waals surface area contributed by atoms with E-state index >= 15 is 0 Å². The number of nitrogens with one attached hydrogen (secondary N) is 1. The molecule has 0 aromatic carbocycles. The molecule has 2 aromatic rings. The second-order valence-corrected chi connectivity index (χ2v) is 5.44. The highest BCUT2D eigenvalue weighted by Gasteiger charge is 2.15. The molecule has 102 valence electrons. The minimum absolute atomic E-state index is 0.0165. The largest absolute Gasteiger partial charge is 0.310 e. The molecule has 19 heavy (non-hydrogen) atoms. The van der Waals surface area contributed by atoms with Crippen molar-refractivity contribution in [3.63, 3.8) is 0 Å². The van der Waals surface area contributed by atoms with Gasteiger partial charge < -0.3 is 5.32 Å². The number of nitrogens with zero attached hydrogens (tertiary/aromatic N) is 2. The lowest BCUT2D eigenvalue weighted by atomic mass is 10.1. The van der Waals surface area contributed by atoms with Crippen LogP contribution in [0.25, 0.3) is 0 Å². The zero-order chi connectivity index (χ0) is 13.8. The van der Waals surface area contributed by atoms with Crippen LogP contribution in [0.2, 0.25) is 0 Å². The Kier molecular flexibility index (Phi) is 4.37. The predicted molar refractivity (Wildman–Crippen MR) is 78.6 cm³/mol. The number of aromatic nitrogens is 2. The van der Waals surface area contributed by atoms with Crippen molar-refractivity contribution in [3.05, 3.63) is 33.6 Å². The summed E-state index contributed by atoms with van der Waals surface area (Å²) in [5, 5.41) is 9.43. The molecular weight excluding hydrogens is 258 g/mol. The Labute approximate surface area is 117 Å². The molecule has 0 fully saturated rings. The minimum Gasteiger partial charge on any atom is -0.310 e. The Morgan fingerprint density at radius 2 is 2.21 bits per heavy atom. The molecule has 0 aliphatic carbocycles. The average Bonchev–Trinajstić information content (AvgIpc) is 2.98. The quantitative estimate of drug-likeness (QED) is 0.913. The minimum atomic E-state index is 0.0165. The summed E-state index contributed by atoms with van der Waals surface area (Å²) in [6.45, 7) is 4.17. The van der Waals surface area contributed by atoms with Gasteiger partial charge in [-0.25, -0.2) is 0 Å². The molecule has 2 heterocycles. The number of hydrogen-bond acceptors (Lipinski definition) is 3. The number of thiophene rings is 1. The molecule has 4 nitrogen and oxygen atoms in total. The first-order valence-electron chi connectivity index (χ1n) is 6.52. The second-order valence-electron chi connectivity index (χ2n) is 4.41. The normalized spacial score (nSPS) is 10.7. The predicted octanol–water partition coefficient (Wildman–Crippen LogP) is 2.79. The number of anilines is 1. The van der Waals surface area contributed by atoms with Gasteiger partial charge in [0.25, 0.3) is 0 Å². The van der Waals surface area contributed by atoms with Crippen LogP contribution in [0.1, 0.15) is 30.0 Å². The number of aryl methyl sites for hydroxylation is 2. The van der Waals surface area contributed by atoms with Crippen LogP contribution in [0.3, 0.4) is 0 Å². The van der Waals surface area contributed by atoms with Gasteiger partial charge in [0.2, 0.25) is 5.91 Å². The molecule has 0 unspecified atom stereocenters.